The maximum Gasteiger partial charge on any atom is 0 e. The summed E-state index contributed by atoms with van der Waals surface area (Å²) in [7, 11) is 0. The van der Waals surface area contributed by atoms with Crippen molar-refractivity contribution < 1.29 is 29.9 Å². The molecule has 0 bridgehead atoms. The van der Waals surface area contributed by atoms with Crippen LogP contribution in [0, 0.1) is 29.9 Å². The summed E-state index contributed by atoms with van der Waals surface area (Å²) in [6.45, 7) is 4.19. The first kappa shape index (κ1) is 7.93. The smallest absolute Gasteiger partial charge is 0 e. The van der Waals surface area contributed by atoms with Gasteiger partial charge in [0.25, 0.3) is 0 Å². The van der Waals surface area contributed by atoms with Crippen molar-refractivity contribution in [2.45, 2.75) is 0 Å². The molecule has 7 heavy (non-hydrogen) atoms. The summed E-state index contributed by atoms with van der Waals surface area (Å²) in [5.41, 5.74) is 0. The third-order valence-electron chi connectivity index (χ3n) is 0.893. The molecule has 1 heterocycles. The number of nitrogens with one attached hydrogen (secondary N) is 1. The Morgan fingerprint density at radius 1 is 1.14 bits per heavy atom. The van der Waals surface area contributed by atoms with E-state index in [2.05, 4.69) is 10.6 Å². The normalized spacial score (nSPS) is 20.6. The van der Waals surface area contributed by atoms with Crippen molar-refractivity contribution in [2.75, 3.05) is 26.2 Å². The molecule has 1 radical (unpaired) electrons. The zero-order chi connectivity index (χ0) is 4.24. The standard InChI is InChI=1S/C4H9N2.Np/c1-2-6-4-3-5-1;/h5H,1-4H2;/q-1;. The summed E-state index contributed by atoms with van der Waals surface area (Å²) in [4.78, 5) is 0. The second-order valence-electron chi connectivity index (χ2n) is 1.42. The molecule has 0 atom stereocenters. The quantitative estimate of drug-likeness (QED) is 0.666. The summed E-state index contributed by atoms with van der Waals surface area (Å²) in [6.07, 6.45) is 0. The number of rotatable bonds is 0. The fraction of sp³-hybridized carbons (Fsp3) is 1.00. The number of piperazine rings is 1. The third-order valence-corrected chi connectivity index (χ3v) is 0.893. The van der Waals surface area contributed by atoms with Gasteiger partial charge < -0.3 is 10.6 Å². The molecule has 1 aliphatic rings. The van der Waals surface area contributed by atoms with Gasteiger partial charge in [0, 0.05) is 29.9 Å². The minimum absolute atomic E-state index is 0. The Hall–Kier alpha value is 0.933. The van der Waals surface area contributed by atoms with E-state index in [1.54, 1.807) is 0 Å². The molecule has 0 aromatic heterocycles. The van der Waals surface area contributed by atoms with E-state index in [4.69, 9.17) is 0 Å². The Bertz CT molecular complexity index is 25.2. The molecule has 41 valence electrons. The Kier molecular flexibility index (Phi) is 5.75. The fourth-order valence-electron chi connectivity index (χ4n) is 0.553. The first-order valence-corrected chi connectivity index (χ1v) is 2.34. The van der Waals surface area contributed by atoms with E-state index < -0.39 is 0 Å². The van der Waals surface area contributed by atoms with Crippen molar-refractivity contribution in [1.29, 1.82) is 0 Å². The van der Waals surface area contributed by atoms with E-state index in [1.165, 1.54) is 0 Å². The molecule has 2 nitrogen and oxygen atoms in total. The fourth-order valence-corrected chi connectivity index (χ4v) is 0.553. The van der Waals surface area contributed by atoms with Crippen LogP contribution in [0.1, 0.15) is 0 Å². The van der Waals surface area contributed by atoms with Gasteiger partial charge in [0.1, 0.15) is 0 Å². The van der Waals surface area contributed by atoms with Crippen LogP contribution in [-0.2, 0) is 0 Å². The van der Waals surface area contributed by atoms with Crippen LogP contribution in [0.15, 0.2) is 0 Å². The molecule has 3 heteroatoms. The van der Waals surface area contributed by atoms with E-state index in [0.717, 1.165) is 26.2 Å². The van der Waals surface area contributed by atoms with Gasteiger partial charge in [-0.25, -0.2) is 0 Å². The van der Waals surface area contributed by atoms with Gasteiger partial charge in [0.2, 0.25) is 0 Å². The van der Waals surface area contributed by atoms with Gasteiger partial charge >= 0.3 is 0 Å². The molecule has 1 saturated heterocycles. The second kappa shape index (κ2) is 5.08. The number of hydrogen-bond acceptors (Lipinski definition) is 1. The zero-order valence-corrected chi connectivity index (χ0v) is 7.95. The Balaban J connectivity index is 0.000000360. The predicted octanol–water partition coefficient (Wildman–Crippen LogP) is -0.0367. The minimum atomic E-state index is 0. The van der Waals surface area contributed by atoms with Crippen LogP contribution in [0.5, 0.6) is 0 Å². The van der Waals surface area contributed by atoms with Crippen molar-refractivity contribution in [1.82, 2.24) is 5.32 Å². The summed E-state index contributed by atoms with van der Waals surface area (Å²) < 4.78 is 0. The maximum absolute atomic E-state index is 4.11. The van der Waals surface area contributed by atoms with Crippen LogP contribution in [0.2, 0.25) is 0 Å². The van der Waals surface area contributed by atoms with Crippen LogP contribution in [0.4, 0.5) is 0 Å². The minimum Gasteiger partial charge on any atom is -0.660 e. The van der Waals surface area contributed by atoms with E-state index in [1.807, 2.05) is 0 Å². The van der Waals surface area contributed by atoms with Crippen LogP contribution >= 0.6 is 0 Å². The average Bonchev–Trinajstić information content (AvgIpc) is 1.72. The van der Waals surface area contributed by atoms with Gasteiger partial charge in [0.05, 0.1) is 0 Å². The Morgan fingerprint density at radius 3 is 1.86 bits per heavy atom. The molecule has 0 aromatic carbocycles. The van der Waals surface area contributed by atoms with E-state index in [9.17, 15) is 0 Å². The predicted molar refractivity (Wildman–Crippen MR) is 26.0 cm³/mol. The molecule has 1 N–H and O–H groups in total. The van der Waals surface area contributed by atoms with Crippen molar-refractivity contribution in [3.05, 3.63) is 5.32 Å². The number of hydrogen-bond donors (Lipinski definition) is 1. The summed E-state index contributed by atoms with van der Waals surface area (Å²) in [5, 5.41) is 7.31. The van der Waals surface area contributed by atoms with E-state index in [-0.39, 0.29) is 29.9 Å². The van der Waals surface area contributed by atoms with Crippen LogP contribution in [0.3, 0.4) is 0 Å². The SMILES string of the molecule is C1CNCC[N-]1.[Np]. The first-order valence-electron chi connectivity index (χ1n) is 2.34. The van der Waals surface area contributed by atoms with Crippen LogP contribution in [0.25, 0.3) is 5.32 Å². The van der Waals surface area contributed by atoms with Gasteiger partial charge in [-0.1, -0.05) is 0 Å². The van der Waals surface area contributed by atoms with Crippen molar-refractivity contribution in [3.63, 3.8) is 0 Å². The van der Waals surface area contributed by atoms with Crippen LogP contribution in [-0.4, -0.2) is 26.2 Å². The topological polar surface area (TPSA) is 26.1 Å². The first-order chi connectivity index (χ1) is 3.00. The molecular weight excluding hydrogens is 313 g/mol. The Morgan fingerprint density at radius 2 is 1.71 bits per heavy atom. The molecule has 0 aliphatic carbocycles. The largest absolute Gasteiger partial charge is 0.660 e. The average molecular weight is 322 g/mol. The van der Waals surface area contributed by atoms with E-state index in [0.29, 0.717) is 0 Å². The van der Waals surface area contributed by atoms with Gasteiger partial charge in [-0.05, 0) is 13.1 Å². The monoisotopic (exact) mass is 321 g/mol. The maximum atomic E-state index is 4.11. The molecule has 1 rings (SSSR count). The molecule has 1 fully saturated rings. The number of nitrogens with zero attached hydrogens (tertiary/aromatic N) is 1. The van der Waals surface area contributed by atoms with Crippen molar-refractivity contribution >= 4 is 0 Å². The van der Waals surface area contributed by atoms with Crippen molar-refractivity contribution in [2.24, 2.45) is 0 Å². The van der Waals surface area contributed by atoms with Crippen molar-refractivity contribution in [3.8, 4) is 0 Å². The van der Waals surface area contributed by atoms with Gasteiger partial charge in [-0.15, -0.1) is 13.1 Å². The van der Waals surface area contributed by atoms with Gasteiger partial charge in [-0.3, -0.25) is 0 Å². The van der Waals surface area contributed by atoms with Crippen LogP contribution < -0.4 is 5.32 Å². The Labute approximate surface area is 66.7 Å². The zero-order valence-electron chi connectivity index (χ0n) is 4.22. The van der Waals surface area contributed by atoms with Gasteiger partial charge in [-0.2, -0.15) is 0 Å². The summed E-state index contributed by atoms with van der Waals surface area (Å²) in [5.74, 6) is 0. The molecular formula is C4H9N2Np-. The molecule has 0 spiro atoms. The van der Waals surface area contributed by atoms with E-state index >= 15 is 0 Å². The molecule has 0 amide bonds. The molecule has 0 unspecified atom stereocenters. The molecule has 0 aromatic rings. The van der Waals surface area contributed by atoms with Gasteiger partial charge in [0.15, 0.2) is 0 Å². The summed E-state index contributed by atoms with van der Waals surface area (Å²) in [6, 6.07) is 0. The summed E-state index contributed by atoms with van der Waals surface area (Å²) >= 11 is 0. The third kappa shape index (κ3) is 3.51. The molecule has 0 saturated carbocycles. The molecule has 1 aliphatic heterocycles. The second-order valence-corrected chi connectivity index (χ2v) is 1.42.